The van der Waals surface area contributed by atoms with Crippen molar-refractivity contribution in [1.29, 1.82) is 0 Å². The maximum absolute atomic E-state index is 11.9. The molecule has 4 rings (SSSR count). The minimum absolute atomic E-state index is 0.00912. The summed E-state index contributed by atoms with van der Waals surface area (Å²) in [6, 6.07) is 0. The quantitative estimate of drug-likeness (QED) is 0.722. The summed E-state index contributed by atoms with van der Waals surface area (Å²) in [7, 11) is 0. The molecular weight excluding hydrogens is 304 g/mol. The molecule has 0 aromatic rings. The number of hydrogen-bond acceptors (Lipinski definition) is 3. The van der Waals surface area contributed by atoms with Crippen molar-refractivity contribution in [3.63, 3.8) is 0 Å². The molecule has 2 unspecified atom stereocenters. The molecule has 4 heteroatoms. The second-order valence-electron chi connectivity index (χ2n) is 9.12. The Labute approximate surface area is 143 Å². The fourth-order valence-corrected chi connectivity index (χ4v) is 6.84. The predicted octanol–water partition coefficient (Wildman–Crippen LogP) is 3.33. The summed E-state index contributed by atoms with van der Waals surface area (Å²) in [5, 5.41) is 21.3. The molecule has 0 aromatic carbocycles. The largest absolute Gasteiger partial charge is 0.481 e. The Balaban J connectivity index is 1.74. The lowest BCUT2D eigenvalue weighted by Gasteiger charge is -2.60. The third kappa shape index (κ3) is 1.84. The highest BCUT2D eigenvalue weighted by Gasteiger charge is 2.67. The number of ketones is 1. The van der Waals surface area contributed by atoms with Gasteiger partial charge in [-0.2, -0.15) is 0 Å². The van der Waals surface area contributed by atoms with E-state index in [0.717, 1.165) is 25.7 Å². The highest BCUT2D eigenvalue weighted by Crippen LogP contribution is 2.67. The fourth-order valence-electron chi connectivity index (χ4n) is 6.84. The van der Waals surface area contributed by atoms with Gasteiger partial charge in [-0.15, -0.1) is 0 Å². The maximum atomic E-state index is 11.9. The third-order valence-corrected chi connectivity index (χ3v) is 8.43. The lowest BCUT2D eigenvalue weighted by molar-refractivity contribution is -0.186. The van der Waals surface area contributed by atoms with Crippen LogP contribution in [0.5, 0.6) is 0 Å². The molecule has 132 valence electrons. The van der Waals surface area contributed by atoms with Gasteiger partial charge in [0.1, 0.15) is 5.78 Å². The number of rotatable bonds is 1. The number of carboxylic acid groups (broad SMARTS) is 1. The second kappa shape index (κ2) is 4.94. The first-order valence-corrected chi connectivity index (χ1v) is 9.39. The summed E-state index contributed by atoms with van der Waals surface area (Å²) in [6.07, 6.45) is 8.02. The number of fused-ring (bicyclic) bond motifs is 5. The highest BCUT2D eigenvalue weighted by molar-refractivity contribution is 5.82. The summed E-state index contributed by atoms with van der Waals surface area (Å²) in [5.41, 5.74) is -0.118. The zero-order valence-electron chi connectivity index (χ0n) is 14.7. The number of hydrogen-bond donors (Lipinski definition) is 2. The molecule has 0 radical (unpaired) electrons. The number of aliphatic carboxylic acids is 1. The van der Waals surface area contributed by atoms with Gasteiger partial charge in [-0.05, 0) is 55.8 Å². The van der Waals surface area contributed by atoms with Crippen LogP contribution in [0.4, 0.5) is 0 Å². The van der Waals surface area contributed by atoms with E-state index in [2.05, 4.69) is 13.0 Å². The second-order valence-corrected chi connectivity index (χ2v) is 9.12. The minimum Gasteiger partial charge on any atom is -0.481 e. The van der Waals surface area contributed by atoms with Crippen molar-refractivity contribution in [3.8, 4) is 0 Å². The van der Waals surface area contributed by atoms with Crippen LogP contribution in [0, 0.1) is 28.6 Å². The molecule has 4 aliphatic rings. The molecule has 4 nitrogen and oxygen atoms in total. The van der Waals surface area contributed by atoms with Crippen LogP contribution in [0.15, 0.2) is 11.6 Å². The monoisotopic (exact) mass is 332 g/mol. The van der Waals surface area contributed by atoms with Gasteiger partial charge in [0.2, 0.25) is 0 Å². The molecule has 0 aliphatic heterocycles. The van der Waals surface area contributed by atoms with E-state index >= 15 is 0 Å². The van der Waals surface area contributed by atoms with Crippen LogP contribution in [0.25, 0.3) is 0 Å². The van der Waals surface area contributed by atoms with Gasteiger partial charge in [0.05, 0.1) is 11.5 Å². The van der Waals surface area contributed by atoms with Crippen molar-refractivity contribution in [1.82, 2.24) is 0 Å². The van der Waals surface area contributed by atoms with Crippen LogP contribution < -0.4 is 0 Å². The van der Waals surface area contributed by atoms with E-state index in [9.17, 15) is 19.8 Å². The topological polar surface area (TPSA) is 74.6 Å². The van der Waals surface area contributed by atoms with Gasteiger partial charge in [-0.3, -0.25) is 9.59 Å². The molecule has 0 amide bonds. The van der Waals surface area contributed by atoms with Gasteiger partial charge < -0.3 is 10.2 Å². The summed E-state index contributed by atoms with van der Waals surface area (Å²) in [5.74, 6) is -0.356. The molecule has 2 N–H and O–H groups in total. The fraction of sp³-hybridized carbons (Fsp3) is 0.800. The first kappa shape index (κ1) is 16.3. The molecule has 6 atom stereocenters. The Morgan fingerprint density at radius 1 is 1.17 bits per heavy atom. The van der Waals surface area contributed by atoms with Crippen molar-refractivity contribution in [2.45, 2.75) is 70.8 Å². The first-order chi connectivity index (χ1) is 11.2. The molecule has 24 heavy (non-hydrogen) atoms. The number of carboxylic acids is 1. The van der Waals surface area contributed by atoms with Crippen LogP contribution in [0.1, 0.15) is 65.2 Å². The lowest BCUT2D eigenvalue weighted by atomic mass is 9.46. The van der Waals surface area contributed by atoms with Gasteiger partial charge in [0, 0.05) is 18.3 Å². The van der Waals surface area contributed by atoms with Gasteiger partial charge in [-0.25, -0.2) is 0 Å². The van der Waals surface area contributed by atoms with Gasteiger partial charge in [-0.1, -0.05) is 25.5 Å². The smallest absolute Gasteiger partial charge is 0.307 e. The Bertz CT molecular complexity index is 638. The highest BCUT2D eigenvalue weighted by atomic mass is 16.4. The van der Waals surface area contributed by atoms with E-state index in [4.69, 9.17) is 0 Å². The standard InChI is InChI=1S/C20H28O4/c1-18-8-5-13(21)11-12(18)3-4-15-14(18)6-9-19(2)16(17(22)23)7-10-20(15,19)24/h3,14-16,24H,4-11H2,1-2H3,(H,22,23)/t14?,15?,16-,18+,19-,20+/m1/s1. The zero-order valence-corrected chi connectivity index (χ0v) is 14.7. The van der Waals surface area contributed by atoms with Crippen molar-refractivity contribution >= 4 is 11.8 Å². The molecule has 3 saturated carbocycles. The third-order valence-electron chi connectivity index (χ3n) is 8.43. The predicted molar refractivity (Wildman–Crippen MR) is 89.3 cm³/mol. The van der Waals surface area contributed by atoms with Crippen LogP contribution in [0.3, 0.4) is 0 Å². The van der Waals surface area contributed by atoms with E-state index in [0.29, 0.717) is 37.4 Å². The van der Waals surface area contributed by atoms with Crippen LogP contribution in [-0.2, 0) is 9.59 Å². The van der Waals surface area contributed by atoms with Crippen molar-refractivity contribution < 1.29 is 19.8 Å². The first-order valence-electron chi connectivity index (χ1n) is 9.39. The molecule has 0 aromatic heterocycles. The van der Waals surface area contributed by atoms with Crippen LogP contribution in [-0.4, -0.2) is 27.6 Å². The van der Waals surface area contributed by atoms with Crippen LogP contribution >= 0.6 is 0 Å². The molecule has 4 aliphatic carbocycles. The summed E-state index contributed by atoms with van der Waals surface area (Å²) < 4.78 is 0. The Morgan fingerprint density at radius 3 is 2.62 bits per heavy atom. The molecule has 0 bridgehead atoms. The average molecular weight is 332 g/mol. The van der Waals surface area contributed by atoms with Crippen molar-refractivity contribution in [2.24, 2.45) is 28.6 Å². The van der Waals surface area contributed by atoms with Gasteiger partial charge in [0.15, 0.2) is 0 Å². The molecular formula is C20H28O4. The van der Waals surface area contributed by atoms with E-state index in [-0.39, 0.29) is 11.3 Å². The van der Waals surface area contributed by atoms with E-state index < -0.39 is 22.9 Å². The summed E-state index contributed by atoms with van der Waals surface area (Å²) >= 11 is 0. The van der Waals surface area contributed by atoms with Gasteiger partial charge in [0.25, 0.3) is 0 Å². The number of aliphatic hydroxyl groups is 1. The van der Waals surface area contributed by atoms with Crippen LogP contribution in [0.2, 0.25) is 0 Å². The van der Waals surface area contributed by atoms with Crippen molar-refractivity contribution in [2.75, 3.05) is 0 Å². The number of carbonyl (C=O) groups excluding carboxylic acids is 1. The SMILES string of the molecule is C[C@]12CCC(=O)CC1=CCC1C2CC[C@]2(C)[C@@H](C(=O)O)CC[C@]12O. The minimum atomic E-state index is -0.883. The number of Topliss-reactive ketones (excluding diaryl/α,β-unsaturated/α-hetero) is 1. The normalized spacial score (nSPS) is 50.5. The van der Waals surface area contributed by atoms with E-state index in [1.165, 1.54) is 5.57 Å². The van der Waals surface area contributed by atoms with E-state index in [1.807, 2.05) is 6.92 Å². The molecule has 3 fully saturated rings. The summed E-state index contributed by atoms with van der Waals surface area (Å²) in [6.45, 7) is 4.28. The number of allylic oxidation sites excluding steroid dienone is 2. The summed E-state index contributed by atoms with van der Waals surface area (Å²) in [4.78, 5) is 23.6. The average Bonchev–Trinajstić information content (AvgIpc) is 2.80. The van der Waals surface area contributed by atoms with Gasteiger partial charge >= 0.3 is 5.97 Å². The molecule has 0 spiro atoms. The Hall–Kier alpha value is -1.16. The maximum Gasteiger partial charge on any atom is 0.307 e. The van der Waals surface area contributed by atoms with Crippen molar-refractivity contribution in [3.05, 3.63) is 11.6 Å². The zero-order chi connectivity index (χ0) is 17.3. The Morgan fingerprint density at radius 2 is 1.92 bits per heavy atom. The van der Waals surface area contributed by atoms with E-state index in [1.54, 1.807) is 0 Å². The lowest BCUT2D eigenvalue weighted by Crippen LogP contribution is -2.60. The molecule has 0 heterocycles. The number of carbonyl (C=O) groups is 2. The Kier molecular flexibility index (Phi) is 3.36. The molecule has 0 saturated heterocycles.